The lowest BCUT2D eigenvalue weighted by Crippen LogP contribution is -2.51. The van der Waals surface area contributed by atoms with Crippen LogP contribution in [-0.4, -0.2) is 66.8 Å². The van der Waals surface area contributed by atoms with Gasteiger partial charge in [-0.05, 0) is 61.7 Å². The average Bonchev–Trinajstić information content (AvgIpc) is 3.28. The maximum Gasteiger partial charge on any atom is 0.319 e. The molecule has 2 fully saturated rings. The van der Waals surface area contributed by atoms with E-state index in [1.54, 1.807) is 0 Å². The summed E-state index contributed by atoms with van der Waals surface area (Å²) < 4.78 is 22.6. The maximum atomic E-state index is 16.5. The lowest BCUT2D eigenvalue weighted by molar-refractivity contribution is 0.250. The predicted molar refractivity (Wildman–Crippen MR) is 158 cm³/mol. The van der Waals surface area contributed by atoms with Crippen molar-refractivity contribution in [2.45, 2.75) is 44.7 Å². The van der Waals surface area contributed by atoms with Crippen molar-refractivity contribution in [3.63, 3.8) is 0 Å². The van der Waals surface area contributed by atoms with Crippen LogP contribution < -0.4 is 15.0 Å². The molecule has 2 unspecified atom stereocenters. The maximum absolute atomic E-state index is 16.5. The molecule has 6 nitrogen and oxygen atoms in total. The molecule has 0 radical (unpaired) electrons. The summed E-state index contributed by atoms with van der Waals surface area (Å²) in [7, 11) is 2.11. The quantitative estimate of drug-likeness (QED) is 0.248. The van der Waals surface area contributed by atoms with Gasteiger partial charge in [0, 0.05) is 42.7 Å². The molecule has 2 bridgehead atoms. The summed E-state index contributed by atoms with van der Waals surface area (Å²) >= 11 is 6.86. The third-order valence-electron chi connectivity index (χ3n) is 7.94. The van der Waals surface area contributed by atoms with Crippen molar-refractivity contribution in [1.82, 2.24) is 20.2 Å². The van der Waals surface area contributed by atoms with E-state index in [0.29, 0.717) is 40.5 Å². The van der Waals surface area contributed by atoms with Crippen molar-refractivity contribution >= 4 is 39.1 Å². The summed E-state index contributed by atoms with van der Waals surface area (Å²) in [6.07, 6.45) is 4.23. The van der Waals surface area contributed by atoms with Gasteiger partial charge in [0.2, 0.25) is 0 Å². The van der Waals surface area contributed by atoms with Crippen LogP contribution in [0.2, 0.25) is 5.02 Å². The van der Waals surface area contributed by atoms with Crippen molar-refractivity contribution in [2.75, 3.05) is 44.7 Å². The van der Waals surface area contributed by atoms with Crippen LogP contribution in [0.1, 0.15) is 32.6 Å². The fourth-order valence-electron chi connectivity index (χ4n) is 6.12. The van der Waals surface area contributed by atoms with Crippen LogP contribution in [0.3, 0.4) is 0 Å². The van der Waals surface area contributed by atoms with E-state index in [4.69, 9.17) is 21.3 Å². The first-order valence-electron chi connectivity index (χ1n) is 14.0. The fraction of sp³-hybridized carbons (Fsp3) is 0.419. The zero-order chi connectivity index (χ0) is 26.9. The Hall–Kier alpha value is -3.00. The smallest absolute Gasteiger partial charge is 0.319 e. The molecule has 1 N–H and O–H groups in total. The number of halogens is 2. The molecule has 2 saturated heterocycles. The second-order valence-electron chi connectivity index (χ2n) is 10.8. The Bertz CT molecular complexity index is 1480. The van der Waals surface area contributed by atoms with E-state index in [0.717, 1.165) is 68.2 Å². The number of piperazine rings is 1. The number of nitrogens with zero attached hydrogens (tertiary/aromatic N) is 4. The van der Waals surface area contributed by atoms with E-state index in [1.165, 1.54) is 0 Å². The highest BCUT2D eigenvalue weighted by Crippen LogP contribution is 2.41. The zero-order valence-electron chi connectivity index (χ0n) is 22.6. The largest absolute Gasteiger partial charge is 0.463 e. The highest BCUT2D eigenvalue weighted by Gasteiger charge is 2.34. The van der Waals surface area contributed by atoms with Crippen molar-refractivity contribution in [3.8, 4) is 17.1 Å². The number of nitrogens with one attached hydrogen (secondary N) is 1. The molecule has 0 amide bonds. The summed E-state index contributed by atoms with van der Waals surface area (Å²) in [5.41, 5.74) is 1.36. The molecule has 2 aliphatic heterocycles. The third kappa shape index (κ3) is 5.28. The molecular formula is C31H35ClFN5O. The molecule has 0 spiro atoms. The monoisotopic (exact) mass is 547 g/mol. The number of benzene rings is 3. The molecule has 39 heavy (non-hydrogen) atoms. The summed E-state index contributed by atoms with van der Waals surface area (Å²) in [5.74, 6) is 0.255. The Labute approximate surface area is 234 Å². The second-order valence-corrected chi connectivity index (χ2v) is 11.3. The third-order valence-corrected chi connectivity index (χ3v) is 8.24. The Balaban J connectivity index is 1.43. The molecule has 4 aromatic rings. The summed E-state index contributed by atoms with van der Waals surface area (Å²) in [5, 5.41) is 6.62. The average molecular weight is 548 g/mol. The molecule has 2 aliphatic rings. The van der Waals surface area contributed by atoms with Gasteiger partial charge in [0.1, 0.15) is 11.3 Å². The topological polar surface area (TPSA) is 53.5 Å². The Morgan fingerprint density at radius 2 is 1.82 bits per heavy atom. The Morgan fingerprint density at radius 3 is 2.62 bits per heavy atom. The van der Waals surface area contributed by atoms with E-state index < -0.39 is 5.82 Å². The van der Waals surface area contributed by atoms with Crippen LogP contribution in [0.4, 0.5) is 10.2 Å². The number of hydrogen-bond donors (Lipinski definition) is 1. The van der Waals surface area contributed by atoms with Gasteiger partial charge in [-0.2, -0.15) is 9.97 Å². The molecule has 0 aliphatic carbocycles. The second kappa shape index (κ2) is 11.2. The van der Waals surface area contributed by atoms with Crippen LogP contribution >= 0.6 is 11.6 Å². The highest BCUT2D eigenvalue weighted by atomic mass is 35.5. The van der Waals surface area contributed by atoms with Gasteiger partial charge in [-0.15, -0.1) is 0 Å². The first-order valence-corrected chi connectivity index (χ1v) is 14.4. The van der Waals surface area contributed by atoms with Crippen LogP contribution in [-0.2, 0) is 0 Å². The minimum Gasteiger partial charge on any atom is -0.463 e. The van der Waals surface area contributed by atoms with Crippen molar-refractivity contribution in [1.29, 1.82) is 0 Å². The van der Waals surface area contributed by atoms with Gasteiger partial charge in [0.25, 0.3) is 0 Å². The van der Waals surface area contributed by atoms with Crippen molar-refractivity contribution in [3.05, 3.63) is 59.4 Å². The molecule has 6 rings (SSSR count). The van der Waals surface area contributed by atoms with E-state index in [1.807, 2.05) is 48.5 Å². The Kier molecular flexibility index (Phi) is 7.56. The molecule has 8 heteroatoms. The zero-order valence-corrected chi connectivity index (χ0v) is 23.3. The van der Waals surface area contributed by atoms with Gasteiger partial charge in [-0.3, -0.25) is 0 Å². The summed E-state index contributed by atoms with van der Waals surface area (Å²) in [6, 6.07) is 16.7. The van der Waals surface area contributed by atoms with Crippen LogP contribution in [0, 0.1) is 5.82 Å². The molecule has 204 valence electrons. The molecule has 1 aromatic heterocycles. The van der Waals surface area contributed by atoms with Crippen molar-refractivity contribution in [2.24, 2.45) is 0 Å². The van der Waals surface area contributed by atoms with Gasteiger partial charge >= 0.3 is 6.01 Å². The standard InChI is InChI=1S/C31H35ClFN5O/c1-3-14-37(2)15-7-16-39-31-35-29-25(30(36-31)38-18-21-12-13-22(19-38)34-21)17-26(32)27(28(29)33)24-11-6-9-20-8-4-5-10-23(20)24/h4-6,8-11,17,21-22,34H,3,7,12-16,18-19H2,1-2H3. The van der Waals surface area contributed by atoms with E-state index >= 15 is 4.39 Å². The number of fused-ring (bicyclic) bond motifs is 4. The van der Waals surface area contributed by atoms with Crippen LogP contribution in [0.25, 0.3) is 32.8 Å². The number of anilines is 1. The van der Waals surface area contributed by atoms with Crippen LogP contribution in [0.5, 0.6) is 6.01 Å². The van der Waals surface area contributed by atoms with E-state index in [9.17, 15) is 0 Å². The minimum atomic E-state index is -0.442. The number of hydrogen-bond acceptors (Lipinski definition) is 6. The molecule has 0 saturated carbocycles. The van der Waals surface area contributed by atoms with Gasteiger partial charge in [-0.25, -0.2) is 4.39 Å². The lowest BCUT2D eigenvalue weighted by Gasteiger charge is -2.34. The SMILES string of the molecule is CCCN(C)CCCOc1nc(N2CC3CCC(C2)N3)c2cc(Cl)c(-c3cccc4ccccc34)c(F)c2n1. The van der Waals surface area contributed by atoms with Crippen LogP contribution in [0.15, 0.2) is 48.5 Å². The van der Waals surface area contributed by atoms with Crippen molar-refractivity contribution < 1.29 is 9.13 Å². The van der Waals surface area contributed by atoms with E-state index in [-0.39, 0.29) is 11.5 Å². The number of rotatable bonds is 9. The summed E-state index contributed by atoms with van der Waals surface area (Å²) in [6.45, 7) is 6.24. The first kappa shape index (κ1) is 26.2. The number of aromatic nitrogens is 2. The highest BCUT2D eigenvalue weighted by molar-refractivity contribution is 6.35. The minimum absolute atomic E-state index is 0.214. The lowest BCUT2D eigenvalue weighted by atomic mass is 9.96. The summed E-state index contributed by atoms with van der Waals surface area (Å²) in [4.78, 5) is 14.0. The molecular weight excluding hydrogens is 513 g/mol. The van der Waals surface area contributed by atoms with Gasteiger partial charge in [0.05, 0.1) is 11.6 Å². The Morgan fingerprint density at radius 1 is 1.05 bits per heavy atom. The van der Waals surface area contributed by atoms with Gasteiger partial charge in [0.15, 0.2) is 5.82 Å². The molecule has 3 aromatic carbocycles. The first-order chi connectivity index (χ1) is 19.0. The molecule has 3 heterocycles. The normalized spacial score (nSPS) is 18.9. The fourth-order valence-corrected chi connectivity index (χ4v) is 6.41. The van der Waals surface area contributed by atoms with Gasteiger partial charge in [-0.1, -0.05) is 61.0 Å². The van der Waals surface area contributed by atoms with E-state index in [2.05, 4.69) is 34.1 Å². The molecule has 2 atom stereocenters. The number of ether oxygens (including phenoxy) is 1. The van der Waals surface area contributed by atoms with Gasteiger partial charge < -0.3 is 19.9 Å². The predicted octanol–water partition coefficient (Wildman–Crippen LogP) is 6.29.